The van der Waals surface area contributed by atoms with Gasteiger partial charge in [0.05, 0.1) is 10.6 Å². The smallest absolute Gasteiger partial charge is 0.191 e. The molecule has 8 heteroatoms. The van der Waals surface area contributed by atoms with Crippen molar-refractivity contribution in [3.63, 3.8) is 0 Å². The topological polar surface area (TPSA) is 66.0 Å². The molecule has 1 aromatic carbocycles. The maximum absolute atomic E-state index is 5.90. The molecule has 0 aliphatic carbocycles. The molecule has 6 nitrogen and oxygen atoms in total. The van der Waals surface area contributed by atoms with Gasteiger partial charge in [0.25, 0.3) is 0 Å². The molecule has 0 spiro atoms. The third kappa shape index (κ3) is 5.31. The maximum Gasteiger partial charge on any atom is 0.191 e. The van der Waals surface area contributed by atoms with E-state index in [4.69, 9.17) is 9.26 Å². The van der Waals surface area contributed by atoms with Crippen molar-refractivity contribution in [2.75, 3.05) is 0 Å². The van der Waals surface area contributed by atoms with Crippen LogP contribution in [0.25, 0.3) is 10.6 Å². The molecule has 156 valence electrons. The molecule has 3 aromatic heterocycles. The predicted octanol–water partition coefficient (Wildman–Crippen LogP) is 5.91. The van der Waals surface area contributed by atoms with Gasteiger partial charge in [-0.1, -0.05) is 55.0 Å². The Labute approximate surface area is 184 Å². The summed E-state index contributed by atoms with van der Waals surface area (Å²) in [5.41, 5.74) is 0.892. The Hall–Kier alpha value is -2.58. The molecule has 0 aliphatic heterocycles. The van der Waals surface area contributed by atoms with Gasteiger partial charge in [0.2, 0.25) is 0 Å². The zero-order valence-electron chi connectivity index (χ0n) is 17.0. The molecule has 0 saturated carbocycles. The zero-order valence-corrected chi connectivity index (χ0v) is 18.7. The summed E-state index contributed by atoms with van der Waals surface area (Å²) in [4.78, 5) is 1.08. The van der Waals surface area contributed by atoms with E-state index in [0.717, 1.165) is 46.0 Å². The number of ether oxygens (including phenoxy) is 1. The van der Waals surface area contributed by atoms with Crippen LogP contribution >= 0.6 is 23.1 Å². The standard InChI is InChI=1S/C22H24N4O2S2/c1-16(2)10-11-26-21(14-27-18-7-4-3-5-8-18)23-24-22(26)30-15-17-13-19(28-25-17)20-9-6-12-29-20/h3-9,12-13,16H,10-11,14-15H2,1-2H3. The van der Waals surface area contributed by atoms with Crippen molar-refractivity contribution >= 4 is 23.1 Å². The van der Waals surface area contributed by atoms with Gasteiger partial charge >= 0.3 is 0 Å². The molecule has 0 atom stereocenters. The van der Waals surface area contributed by atoms with E-state index < -0.39 is 0 Å². The highest BCUT2D eigenvalue weighted by molar-refractivity contribution is 7.98. The second-order valence-corrected chi connectivity index (χ2v) is 9.17. The van der Waals surface area contributed by atoms with Crippen molar-refractivity contribution < 1.29 is 9.26 Å². The number of rotatable bonds is 10. The van der Waals surface area contributed by atoms with Gasteiger partial charge in [-0.15, -0.1) is 21.5 Å². The van der Waals surface area contributed by atoms with Crippen LogP contribution in [0.3, 0.4) is 0 Å². The minimum Gasteiger partial charge on any atom is -0.486 e. The van der Waals surface area contributed by atoms with Crippen LogP contribution in [-0.2, 0) is 18.9 Å². The molecule has 0 radical (unpaired) electrons. The number of para-hydroxylation sites is 1. The number of nitrogens with zero attached hydrogens (tertiary/aromatic N) is 4. The molecule has 4 aromatic rings. The summed E-state index contributed by atoms with van der Waals surface area (Å²) in [6, 6.07) is 15.8. The first-order chi connectivity index (χ1) is 14.7. The predicted molar refractivity (Wildman–Crippen MR) is 120 cm³/mol. The lowest BCUT2D eigenvalue weighted by Gasteiger charge is -2.12. The molecule has 0 N–H and O–H groups in total. The summed E-state index contributed by atoms with van der Waals surface area (Å²) in [6.07, 6.45) is 1.05. The molecule has 0 aliphatic rings. The normalized spacial score (nSPS) is 11.3. The van der Waals surface area contributed by atoms with E-state index in [1.807, 2.05) is 53.9 Å². The number of hydrogen-bond donors (Lipinski definition) is 0. The van der Waals surface area contributed by atoms with Crippen molar-refractivity contribution in [2.45, 2.75) is 44.3 Å². The van der Waals surface area contributed by atoms with Gasteiger partial charge < -0.3 is 13.8 Å². The van der Waals surface area contributed by atoms with E-state index in [1.54, 1.807) is 23.1 Å². The van der Waals surface area contributed by atoms with Crippen LogP contribution in [0.2, 0.25) is 0 Å². The van der Waals surface area contributed by atoms with E-state index in [2.05, 4.69) is 33.8 Å². The molecule has 0 unspecified atom stereocenters. The highest BCUT2D eigenvalue weighted by atomic mass is 32.2. The Morgan fingerprint density at radius 3 is 2.77 bits per heavy atom. The Morgan fingerprint density at radius 1 is 1.13 bits per heavy atom. The fourth-order valence-corrected chi connectivity index (χ4v) is 4.40. The molecule has 0 fully saturated rings. The summed E-state index contributed by atoms with van der Waals surface area (Å²) < 4.78 is 13.5. The largest absolute Gasteiger partial charge is 0.486 e. The third-order valence-corrected chi connectivity index (χ3v) is 6.39. The molecular formula is C22H24N4O2S2. The number of thioether (sulfide) groups is 1. The Balaban J connectivity index is 1.44. The third-order valence-electron chi connectivity index (χ3n) is 4.51. The van der Waals surface area contributed by atoms with Crippen LogP contribution in [-0.4, -0.2) is 19.9 Å². The fraction of sp³-hybridized carbons (Fsp3) is 0.318. The van der Waals surface area contributed by atoms with E-state index >= 15 is 0 Å². The van der Waals surface area contributed by atoms with E-state index in [-0.39, 0.29) is 0 Å². The number of hydrogen-bond acceptors (Lipinski definition) is 7. The van der Waals surface area contributed by atoms with Gasteiger partial charge in [-0.3, -0.25) is 0 Å². The summed E-state index contributed by atoms with van der Waals surface area (Å²) in [6.45, 7) is 5.69. The molecule has 4 rings (SSSR count). The molecule has 0 bridgehead atoms. The van der Waals surface area contributed by atoms with Crippen molar-refractivity contribution in [1.29, 1.82) is 0 Å². The van der Waals surface area contributed by atoms with Crippen LogP contribution in [0.1, 0.15) is 31.8 Å². The van der Waals surface area contributed by atoms with Crippen molar-refractivity contribution in [1.82, 2.24) is 19.9 Å². The molecular weight excluding hydrogens is 416 g/mol. The average molecular weight is 441 g/mol. The van der Waals surface area contributed by atoms with Crippen LogP contribution in [0.5, 0.6) is 5.75 Å². The second kappa shape index (κ2) is 9.95. The molecule has 3 heterocycles. The summed E-state index contributed by atoms with van der Waals surface area (Å²) >= 11 is 3.26. The van der Waals surface area contributed by atoms with Gasteiger partial charge in [0.1, 0.15) is 12.4 Å². The summed E-state index contributed by atoms with van der Waals surface area (Å²) in [5.74, 6) is 3.74. The minimum absolute atomic E-state index is 0.391. The first-order valence-corrected chi connectivity index (χ1v) is 11.8. The lowest BCUT2D eigenvalue weighted by atomic mass is 10.1. The van der Waals surface area contributed by atoms with Gasteiger partial charge in [-0.2, -0.15) is 0 Å². The molecule has 30 heavy (non-hydrogen) atoms. The van der Waals surface area contributed by atoms with Gasteiger partial charge in [-0.25, -0.2) is 0 Å². The summed E-state index contributed by atoms with van der Waals surface area (Å²) in [5, 5.41) is 15.9. The number of benzene rings is 1. The quantitative estimate of drug-likeness (QED) is 0.286. The van der Waals surface area contributed by atoms with Crippen LogP contribution in [0.15, 0.2) is 63.6 Å². The Kier molecular flexibility index (Phi) is 6.86. The van der Waals surface area contributed by atoms with Crippen LogP contribution < -0.4 is 4.74 Å². The second-order valence-electron chi connectivity index (χ2n) is 7.28. The number of aromatic nitrogens is 4. The lowest BCUT2D eigenvalue weighted by molar-refractivity contribution is 0.285. The van der Waals surface area contributed by atoms with Crippen LogP contribution in [0, 0.1) is 5.92 Å². The average Bonchev–Trinajstić information content (AvgIpc) is 3.50. The van der Waals surface area contributed by atoms with Crippen molar-refractivity contribution in [3.05, 3.63) is 65.4 Å². The van der Waals surface area contributed by atoms with E-state index in [1.165, 1.54) is 0 Å². The fourth-order valence-electron chi connectivity index (χ4n) is 2.86. The lowest BCUT2D eigenvalue weighted by Crippen LogP contribution is -2.10. The van der Waals surface area contributed by atoms with Crippen LogP contribution in [0.4, 0.5) is 0 Å². The highest BCUT2D eigenvalue weighted by Crippen LogP contribution is 2.28. The zero-order chi connectivity index (χ0) is 20.8. The first kappa shape index (κ1) is 20.7. The minimum atomic E-state index is 0.391. The summed E-state index contributed by atoms with van der Waals surface area (Å²) in [7, 11) is 0. The van der Waals surface area contributed by atoms with Gasteiger partial charge in [0, 0.05) is 18.4 Å². The highest BCUT2D eigenvalue weighted by Gasteiger charge is 2.15. The van der Waals surface area contributed by atoms with Gasteiger partial charge in [0.15, 0.2) is 16.7 Å². The van der Waals surface area contributed by atoms with Crippen molar-refractivity contribution in [2.24, 2.45) is 5.92 Å². The number of thiophene rings is 1. The first-order valence-electron chi connectivity index (χ1n) is 9.91. The molecule has 0 amide bonds. The van der Waals surface area contributed by atoms with Gasteiger partial charge in [-0.05, 0) is 35.9 Å². The van der Waals surface area contributed by atoms with E-state index in [9.17, 15) is 0 Å². The Bertz CT molecular complexity index is 1040. The van der Waals surface area contributed by atoms with E-state index in [0.29, 0.717) is 18.3 Å². The SMILES string of the molecule is CC(C)CCn1c(COc2ccccc2)nnc1SCc1cc(-c2cccs2)on1. The maximum atomic E-state index is 5.90. The monoisotopic (exact) mass is 440 g/mol. The molecule has 0 saturated heterocycles. The Morgan fingerprint density at radius 2 is 2.00 bits per heavy atom. The van der Waals surface area contributed by atoms with Crippen molar-refractivity contribution in [3.8, 4) is 16.4 Å².